The Labute approximate surface area is 128 Å². The van der Waals surface area contributed by atoms with Gasteiger partial charge in [-0.15, -0.1) is 0 Å². The highest BCUT2D eigenvalue weighted by Gasteiger charge is 2.33. The number of aromatic carboxylic acids is 1. The Hall–Kier alpha value is -1.93. The summed E-state index contributed by atoms with van der Waals surface area (Å²) in [6.45, 7) is 0.210. The van der Waals surface area contributed by atoms with E-state index in [4.69, 9.17) is 9.84 Å². The average Bonchev–Trinajstić information content (AvgIpc) is 2.79. The molecular formula is C14H17NO6S. The molecular weight excluding hydrogens is 310 g/mol. The van der Waals surface area contributed by atoms with Crippen LogP contribution in [0.3, 0.4) is 0 Å². The maximum Gasteiger partial charge on any atom is 0.335 e. The highest BCUT2D eigenvalue weighted by Crippen LogP contribution is 2.22. The normalized spacial score (nSPS) is 19.8. The van der Waals surface area contributed by atoms with Crippen LogP contribution in [0.5, 0.6) is 0 Å². The Balaban J connectivity index is 2.18. The Morgan fingerprint density at radius 2 is 2.09 bits per heavy atom. The molecule has 0 radical (unpaired) electrons. The second-order valence-electron chi connectivity index (χ2n) is 5.25. The Kier molecular flexibility index (Phi) is 4.82. The van der Waals surface area contributed by atoms with E-state index >= 15 is 0 Å². The van der Waals surface area contributed by atoms with E-state index in [-0.39, 0.29) is 30.1 Å². The molecule has 0 spiro atoms. The molecule has 1 aromatic rings. The fraction of sp³-hybridized carbons (Fsp3) is 0.429. The molecule has 0 saturated carbocycles. The van der Waals surface area contributed by atoms with Crippen LogP contribution >= 0.6 is 0 Å². The van der Waals surface area contributed by atoms with Crippen molar-refractivity contribution in [2.75, 3.05) is 23.9 Å². The van der Waals surface area contributed by atoms with E-state index in [9.17, 15) is 18.0 Å². The van der Waals surface area contributed by atoms with Gasteiger partial charge in [0.1, 0.15) is 0 Å². The quantitative estimate of drug-likeness (QED) is 0.831. The number of ether oxygens (including phenoxy) is 1. The fourth-order valence-corrected chi connectivity index (χ4v) is 4.13. The summed E-state index contributed by atoms with van der Waals surface area (Å²) in [5.41, 5.74) is 0.960. The molecule has 7 nitrogen and oxygen atoms in total. The van der Waals surface area contributed by atoms with Crippen molar-refractivity contribution >= 4 is 27.4 Å². The van der Waals surface area contributed by atoms with E-state index in [2.05, 4.69) is 5.32 Å². The van der Waals surface area contributed by atoms with Crippen molar-refractivity contribution in [1.82, 2.24) is 0 Å². The van der Waals surface area contributed by atoms with Crippen LogP contribution in [0, 0.1) is 5.92 Å². The summed E-state index contributed by atoms with van der Waals surface area (Å²) in [4.78, 5) is 23.2. The zero-order valence-electron chi connectivity index (χ0n) is 12.0. The van der Waals surface area contributed by atoms with Crippen molar-refractivity contribution in [3.05, 3.63) is 29.3 Å². The summed E-state index contributed by atoms with van der Waals surface area (Å²) in [5.74, 6) is -2.27. The van der Waals surface area contributed by atoms with Gasteiger partial charge in [-0.2, -0.15) is 0 Å². The van der Waals surface area contributed by atoms with E-state index in [0.29, 0.717) is 11.3 Å². The highest BCUT2D eigenvalue weighted by molar-refractivity contribution is 7.91. The molecule has 2 rings (SSSR count). The van der Waals surface area contributed by atoms with E-state index in [1.54, 1.807) is 6.07 Å². The predicted octanol–water partition coefficient (Wildman–Crippen LogP) is 0.904. The minimum atomic E-state index is -3.15. The summed E-state index contributed by atoms with van der Waals surface area (Å²) < 4.78 is 27.8. The minimum absolute atomic E-state index is 0.00910. The second kappa shape index (κ2) is 6.45. The van der Waals surface area contributed by atoms with E-state index in [1.807, 2.05) is 0 Å². The first-order valence-electron chi connectivity index (χ1n) is 6.68. The molecule has 22 heavy (non-hydrogen) atoms. The third kappa shape index (κ3) is 4.05. The number of sulfone groups is 1. The van der Waals surface area contributed by atoms with E-state index in [1.165, 1.54) is 19.2 Å². The number of nitrogens with one attached hydrogen (secondary N) is 1. The minimum Gasteiger partial charge on any atom is -0.478 e. The van der Waals surface area contributed by atoms with Gasteiger partial charge in [-0.05, 0) is 30.2 Å². The van der Waals surface area contributed by atoms with Gasteiger partial charge in [-0.1, -0.05) is 0 Å². The first-order chi connectivity index (χ1) is 10.3. The molecule has 1 amide bonds. The number of methoxy groups -OCH3 is 1. The molecule has 1 saturated heterocycles. The van der Waals surface area contributed by atoms with Crippen molar-refractivity contribution < 1.29 is 27.9 Å². The number of rotatable bonds is 5. The van der Waals surface area contributed by atoms with Crippen LogP contribution in [0.1, 0.15) is 22.3 Å². The number of carboxylic acids is 1. The lowest BCUT2D eigenvalue weighted by Crippen LogP contribution is -2.24. The molecule has 8 heteroatoms. The van der Waals surface area contributed by atoms with Crippen LogP contribution in [0.15, 0.2) is 18.2 Å². The van der Waals surface area contributed by atoms with Gasteiger partial charge in [0.25, 0.3) is 0 Å². The standard InChI is InChI=1S/C14H17NO6S/c1-21-7-9-4-11(14(17)18)6-12(5-9)15-13(16)10-2-3-22(19,20)8-10/h4-6,10H,2-3,7-8H2,1H3,(H,15,16)(H,17,18). The van der Waals surface area contributed by atoms with Gasteiger partial charge in [0, 0.05) is 12.8 Å². The maximum atomic E-state index is 12.1. The first-order valence-corrected chi connectivity index (χ1v) is 8.50. The molecule has 1 fully saturated rings. The predicted molar refractivity (Wildman–Crippen MR) is 79.5 cm³/mol. The molecule has 2 N–H and O–H groups in total. The van der Waals surface area contributed by atoms with Gasteiger partial charge in [0.2, 0.25) is 5.91 Å². The summed E-state index contributed by atoms with van der Waals surface area (Å²) in [7, 11) is -1.66. The van der Waals surface area contributed by atoms with Gasteiger partial charge >= 0.3 is 5.97 Å². The van der Waals surface area contributed by atoms with Crippen molar-refractivity contribution in [3.8, 4) is 0 Å². The lowest BCUT2D eigenvalue weighted by Gasteiger charge is -2.12. The summed E-state index contributed by atoms with van der Waals surface area (Å²) in [6, 6.07) is 4.40. The molecule has 1 atom stereocenters. The van der Waals surface area contributed by atoms with Crippen molar-refractivity contribution in [2.24, 2.45) is 5.92 Å². The highest BCUT2D eigenvalue weighted by atomic mass is 32.2. The molecule has 0 aliphatic carbocycles. The molecule has 1 aromatic carbocycles. The SMILES string of the molecule is COCc1cc(NC(=O)C2CCS(=O)(=O)C2)cc(C(=O)O)c1. The zero-order chi connectivity index (χ0) is 16.3. The van der Waals surface area contributed by atoms with Crippen molar-refractivity contribution in [2.45, 2.75) is 13.0 Å². The fourth-order valence-electron chi connectivity index (χ4n) is 2.38. The van der Waals surface area contributed by atoms with Gasteiger partial charge in [0.05, 0.1) is 29.6 Å². The Morgan fingerprint density at radius 1 is 1.36 bits per heavy atom. The van der Waals surface area contributed by atoms with Crippen LogP contribution in [0.25, 0.3) is 0 Å². The first kappa shape index (κ1) is 16.4. The third-order valence-electron chi connectivity index (χ3n) is 3.42. The van der Waals surface area contributed by atoms with Crippen LogP contribution in [0.4, 0.5) is 5.69 Å². The number of carboxylic acid groups (broad SMARTS) is 1. The van der Waals surface area contributed by atoms with Gasteiger partial charge in [-0.3, -0.25) is 4.79 Å². The molecule has 120 valence electrons. The lowest BCUT2D eigenvalue weighted by molar-refractivity contribution is -0.119. The van der Waals surface area contributed by atoms with Gasteiger partial charge < -0.3 is 15.2 Å². The largest absolute Gasteiger partial charge is 0.478 e. The molecule has 0 aromatic heterocycles. The van der Waals surface area contributed by atoms with E-state index < -0.39 is 27.6 Å². The molecule has 1 aliphatic heterocycles. The summed E-state index contributed by atoms with van der Waals surface area (Å²) >= 11 is 0. The lowest BCUT2D eigenvalue weighted by atomic mass is 10.1. The van der Waals surface area contributed by atoms with Crippen molar-refractivity contribution in [3.63, 3.8) is 0 Å². The number of hydrogen-bond donors (Lipinski definition) is 2. The Morgan fingerprint density at radius 3 is 2.64 bits per heavy atom. The molecule has 1 aliphatic rings. The number of anilines is 1. The number of benzene rings is 1. The summed E-state index contributed by atoms with van der Waals surface area (Å²) in [5, 5.41) is 11.7. The average molecular weight is 327 g/mol. The number of carbonyl (C=O) groups is 2. The second-order valence-corrected chi connectivity index (χ2v) is 7.47. The number of carbonyl (C=O) groups excluding carboxylic acids is 1. The third-order valence-corrected chi connectivity index (χ3v) is 5.19. The van der Waals surface area contributed by atoms with Crippen LogP contribution in [-0.4, -0.2) is 44.0 Å². The molecule has 0 bridgehead atoms. The van der Waals surface area contributed by atoms with Gasteiger partial charge in [0.15, 0.2) is 9.84 Å². The Bertz CT molecular complexity index is 697. The van der Waals surface area contributed by atoms with E-state index in [0.717, 1.165) is 0 Å². The molecule has 1 heterocycles. The van der Waals surface area contributed by atoms with Crippen LogP contribution < -0.4 is 5.32 Å². The maximum absolute atomic E-state index is 12.1. The zero-order valence-corrected chi connectivity index (χ0v) is 12.9. The monoisotopic (exact) mass is 327 g/mol. The smallest absolute Gasteiger partial charge is 0.335 e. The summed E-state index contributed by atoms with van der Waals surface area (Å²) in [6.07, 6.45) is 0.289. The van der Waals surface area contributed by atoms with Gasteiger partial charge in [-0.25, -0.2) is 13.2 Å². The van der Waals surface area contributed by atoms with Crippen LogP contribution in [0.2, 0.25) is 0 Å². The van der Waals surface area contributed by atoms with Crippen molar-refractivity contribution in [1.29, 1.82) is 0 Å². The number of hydrogen-bond acceptors (Lipinski definition) is 5. The topological polar surface area (TPSA) is 110 Å². The van der Waals surface area contributed by atoms with Crippen LogP contribution in [-0.2, 0) is 26.0 Å². The number of amides is 1. The molecule has 1 unspecified atom stereocenters.